The van der Waals surface area contributed by atoms with Crippen LogP contribution in [0.5, 0.6) is 0 Å². The van der Waals surface area contributed by atoms with Crippen LogP contribution in [0.15, 0.2) is 66.3 Å². The zero-order chi connectivity index (χ0) is 24.5. The van der Waals surface area contributed by atoms with E-state index in [2.05, 4.69) is 49.6 Å². The van der Waals surface area contributed by atoms with Gasteiger partial charge in [-0.25, -0.2) is 4.79 Å². The number of benzene rings is 1. The number of amides is 1. The molecule has 0 fully saturated rings. The average molecular weight is 488 g/mol. The van der Waals surface area contributed by atoms with Crippen molar-refractivity contribution in [1.82, 2.24) is 5.32 Å². The first-order valence-electron chi connectivity index (χ1n) is 11.3. The maximum absolute atomic E-state index is 12.7. The van der Waals surface area contributed by atoms with E-state index in [4.69, 9.17) is 9.47 Å². The highest BCUT2D eigenvalue weighted by Gasteiger charge is 2.26. The third-order valence-corrected chi connectivity index (χ3v) is 7.55. The Morgan fingerprint density at radius 3 is 2.67 bits per heavy atom. The van der Waals surface area contributed by atoms with Gasteiger partial charge >= 0.3 is 6.09 Å². The first kappa shape index (κ1) is 27.4. The van der Waals surface area contributed by atoms with Crippen molar-refractivity contribution in [1.29, 1.82) is 0 Å². The fourth-order valence-electron chi connectivity index (χ4n) is 3.42. The van der Waals surface area contributed by atoms with Crippen LogP contribution < -0.4 is 5.32 Å². The van der Waals surface area contributed by atoms with Crippen LogP contribution in [0.2, 0.25) is 0 Å². The molecule has 1 N–H and O–H groups in total. The van der Waals surface area contributed by atoms with E-state index in [0.717, 1.165) is 22.3 Å². The molecule has 0 aromatic heterocycles. The fraction of sp³-hybridized carbons (Fsp3) is 0.444. The van der Waals surface area contributed by atoms with Crippen LogP contribution in [0.25, 0.3) is 6.08 Å². The number of ether oxygens (including phenoxy) is 2. The summed E-state index contributed by atoms with van der Waals surface area (Å²) < 4.78 is 11.9. The smallest absolute Gasteiger partial charge is 0.407 e. The molecule has 1 atom stereocenters. The molecule has 4 nitrogen and oxygen atoms in total. The number of hydrogen-bond acceptors (Lipinski definition) is 5. The van der Waals surface area contributed by atoms with E-state index in [-0.39, 0.29) is 10.3 Å². The van der Waals surface area contributed by atoms with Gasteiger partial charge in [0.1, 0.15) is 6.10 Å². The summed E-state index contributed by atoms with van der Waals surface area (Å²) in [6, 6.07) is 8.01. The molecule has 1 aliphatic rings. The van der Waals surface area contributed by atoms with Crippen molar-refractivity contribution in [2.45, 2.75) is 63.9 Å². The van der Waals surface area contributed by atoms with Gasteiger partial charge in [-0.1, -0.05) is 72.0 Å². The lowest BCUT2D eigenvalue weighted by Gasteiger charge is -2.30. The summed E-state index contributed by atoms with van der Waals surface area (Å²) in [5.74, 6) is 0. The third-order valence-electron chi connectivity index (χ3n) is 5.46. The van der Waals surface area contributed by atoms with E-state index >= 15 is 0 Å². The Morgan fingerprint density at radius 2 is 2.00 bits per heavy atom. The number of allylic oxidation sites excluding steroid dienone is 5. The Labute approximate surface area is 208 Å². The molecule has 0 saturated heterocycles. The summed E-state index contributed by atoms with van der Waals surface area (Å²) in [5, 5.41) is 2.90. The molecule has 0 aliphatic heterocycles. The van der Waals surface area contributed by atoms with E-state index in [0.29, 0.717) is 26.0 Å². The maximum atomic E-state index is 12.7. The summed E-state index contributed by atoms with van der Waals surface area (Å²) >= 11 is 4.30. The van der Waals surface area contributed by atoms with Gasteiger partial charge < -0.3 is 14.8 Å². The van der Waals surface area contributed by atoms with Crippen molar-refractivity contribution in [3.63, 3.8) is 0 Å². The molecular weight excluding hydrogens is 450 g/mol. The van der Waals surface area contributed by atoms with Gasteiger partial charge in [-0.15, -0.1) is 11.7 Å². The predicted octanol–water partition coefficient (Wildman–Crippen LogP) is 7.47. The monoisotopic (exact) mass is 487 g/mol. The molecule has 33 heavy (non-hydrogen) atoms. The van der Waals surface area contributed by atoms with E-state index in [1.165, 1.54) is 10.8 Å². The van der Waals surface area contributed by atoms with Crippen molar-refractivity contribution in [2.24, 2.45) is 0 Å². The molecule has 180 valence electrons. The van der Waals surface area contributed by atoms with E-state index in [9.17, 15) is 4.79 Å². The lowest BCUT2D eigenvalue weighted by atomic mass is 9.91. The average Bonchev–Trinajstić information content (AvgIpc) is 2.77. The predicted molar refractivity (Wildman–Crippen MR) is 145 cm³/mol. The minimum absolute atomic E-state index is 0.0744. The van der Waals surface area contributed by atoms with E-state index in [1.54, 1.807) is 0 Å². The van der Waals surface area contributed by atoms with Gasteiger partial charge in [-0.05, 0) is 57.7 Å². The molecule has 0 saturated carbocycles. The van der Waals surface area contributed by atoms with Crippen LogP contribution >= 0.6 is 22.5 Å². The summed E-state index contributed by atoms with van der Waals surface area (Å²) in [6.07, 6.45) is 10.4. The highest BCUT2D eigenvalue weighted by molar-refractivity contribution is 8.69. The molecule has 1 aromatic carbocycles. The molecule has 0 heterocycles. The molecule has 1 amide bonds. The molecule has 1 aliphatic carbocycles. The lowest BCUT2D eigenvalue weighted by molar-refractivity contribution is -0.0301. The van der Waals surface area contributed by atoms with E-state index < -0.39 is 12.2 Å². The normalized spacial score (nSPS) is 20.0. The maximum Gasteiger partial charge on any atom is 0.407 e. The van der Waals surface area contributed by atoms with Gasteiger partial charge in [-0.2, -0.15) is 0 Å². The Bertz CT molecular complexity index is 916. The largest absolute Gasteiger partial charge is 0.441 e. The highest BCUT2D eigenvalue weighted by Crippen LogP contribution is 2.33. The topological polar surface area (TPSA) is 47.6 Å². The number of thiol groups is 1. The van der Waals surface area contributed by atoms with Crippen molar-refractivity contribution in [2.75, 3.05) is 13.2 Å². The Morgan fingerprint density at radius 1 is 1.27 bits per heavy atom. The highest BCUT2D eigenvalue weighted by atomic mass is 33.1. The van der Waals surface area contributed by atoms with Crippen LogP contribution in [-0.2, 0) is 9.47 Å². The van der Waals surface area contributed by atoms with Crippen molar-refractivity contribution >= 4 is 34.6 Å². The third kappa shape index (κ3) is 8.76. The number of nitrogens with one attached hydrogen (secondary N) is 1. The second-order valence-electron chi connectivity index (χ2n) is 9.32. The first-order valence-corrected chi connectivity index (χ1v) is 13.1. The Hall–Kier alpha value is -1.89. The quantitative estimate of drug-likeness (QED) is 0.265. The van der Waals surface area contributed by atoms with E-state index in [1.807, 2.05) is 63.3 Å². The van der Waals surface area contributed by atoms with Gasteiger partial charge in [0.25, 0.3) is 0 Å². The zero-order valence-corrected chi connectivity index (χ0v) is 22.1. The summed E-state index contributed by atoms with van der Waals surface area (Å²) in [5.41, 5.74) is 3.76. The number of fused-ring (bicyclic) bond motifs is 1. The Balaban J connectivity index is 2.05. The number of carbonyl (C=O) groups is 1. The summed E-state index contributed by atoms with van der Waals surface area (Å²) in [4.78, 5) is 12.7. The van der Waals surface area contributed by atoms with Crippen LogP contribution in [0.4, 0.5) is 4.79 Å². The minimum atomic E-state index is -0.433. The zero-order valence-electron chi connectivity index (χ0n) is 20.4. The molecule has 1 unspecified atom stereocenters. The molecule has 1 aromatic rings. The van der Waals surface area contributed by atoms with Gasteiger partial charge in [0.15, 0.2) is 0 Å². The molecule has 6 heteroatoms. The van der Waals surface area contributed by atoms with Crippen LogP contribution in [0.3, 0.4) is 0 Å². The molecule has 0 radical (unpaired) electrons. The number of carbonyl (C=O) groups excluding carboxylic acids is 1. The molecular formula is C27H37NO3S2. The van der Waals surface area contributed by atoms with Crippen molar-refractivity contribution in [3.8, 4) is 0 Å². The number of alkyl carbamates (subject to hydrolysis) is 1. The summed E-state index contributed by atoms with van der Waals surface area (Å²) in [6.45, 7) is 15.2. The van der Waals surface area contributed by atoms with Crippen molar-refractivity contribution < 1.29 is 14.3 Å². The standard InChI is InChI=1S/C27H37NO3S2/c1-7-11-21-14-15-22-12-9-10-13-23(22)24(18-20(21)8-2)31-25(29)28-17-16-26(3,4)30-19-27(5,6)33-32/h7-15,24,32H,2,16-19H2,1,3-6H3,(H,28,29)/b11-7-,15-14-,21-20-. The second kappa shape index (κ2) is 12.5. The molecule has 0 bridgehead atoms. The van der Waals surface area contributed by atoms with Gasteiger partial charge in [0.2, 0.25) is 0 Å². The van der Waals surface area contributed by atoms with Crippen LogP contribution in [0, 0.1) is 0 Å². The minimum Gasteiger partial charge on any atom is -0.441 e. The van der Waals surface area contributed by atoms with Crippen LogP contribution in [-0.4, -0.2) is 29.6 Å². The first-order chi connectivity index (χ1) is 15.6. The SMILES string of the molecule is C=C/C1=C(\C=C/C)/C=C\c2ccccc2C(OC(=O)NCCC(C)(C)OCC(C)(C)SS)C1. The number of hydrogen-bond donors (Lipinski definition) is 2. The lowest BCUT2D eigenvalue weighted by Crippen LogP contribution is -2.36. The van der Waals surface area contributed by atoms with Gasteiger partial charge in [0, 0.05) is 23.3 Å². The Kier molecular flexibility index (Phi) is 10.4. The second-order valence-corrected chi connectivity index (χ2v) is 11.2. The van der Waals surface area contributed by atoms with Gasteiger partial charge in [0.05, 0.1) is 12.2 Å². The fourth-order valence-corrected chi connectivity index (χ4v) is 3.69. The van der Waals surface area contributed by atoms with Crippen molar-refractivity contribution in [3.05, 3.63) is 77.4 Å². The molecule has 0 spiro atoms. The summed E-state index contributed by atoms with van der Waals surface area (Å²) in [7, 11) is 1.48. The molecule has 2 rings (SSSR count). The van der Waals surface area contributed by atoms with Gasteiger partial charge in [-0.3, -0.25) is 0 Å². The van der Waals surface area contributed by atoms with Crippen LogP contribution in [0.1, 0.15) is 64.7 Å². The number of rotatable bonds is 10.